The van der Waals surface area contributed by atoms with Crippen molar-refractivity contribution in [1.82, 2.24) is 0 Å². The highest BCUT2D eigenvalue weighted by atomic mass is 19.1. The number of halogens is 1. The van der Waals surface area contributed by atoms with Crippen LogP contribution in [-0.4, -0.2) is 6.61 Å². The van der Waals surface area contributed by atoms with Gasteiger partial charge in [0, 0.05) is 0 Å². The van der Waals surface area contributed by atoms with Crippen molar-refractivity contribution >= 4 is 0 Å². The predicted octanol–water partition coefficient (Wildman–Crippen LogP) is 2.51. The van der Waals surface area contributed by atoms with E-state index in [0.717, 1.165) is 12.2 Å². The molecule has 0 saturated carbocycles. The van der Waals surface area contributed by atoms with Gasteiger partial charge >= 0.3 is 0 Å². The van der Waals surface area contributed by atoms with Crippen LogP contribution in [0.25, 0.3) is 0 Å². The van der Waals surface area contributed by atoms with Gasteiger partial charge in [-0.2, -0.15) is 0 Å². The molecule has 2 heteroatoms. The molecule has 0 amide bonds. The summed E-state index contributed by atoms with van der Waals surface area (Å²) in [5.74, 6) is -0.0978. The molecule has 0 radical (unpaired) electrons. The zero-order chi connectivity index (χ0) is 8.72. The molecule has 12 heavy (non-hydrogen) atoms. The summed E-state index contributed by atoms with van der Waals surface area (Å²) in [5.41, 5.74) is 2.52. The standard InChI is InChI=1S/C10H11FO/c1-6-3-8(9-5-12-9)4-7(2)10(6)11/h3-4,9H,5H2,1-2H3/t9-/m0/s1. The maximum absolute atomic E-state index is 13.2. The molecule has 64 valence electrons. The van der Waals surface area contributed by atoms with Crippen molar-refractivity contribution in [2.24, 2.45) is 0 Å². The molecular weight excluding hydrogens is 155 g/mol. The van der Waals surface area contributed by atoms with Gasteiger partial charge in [0.25, 0.3) is 0 Å². The zero-order valence-electron chi connectivity index (χ0n) is 7.23. The van der Waals surface area contributed by atoms with Crippen molar-refractivity contribution in [3.8, 4) is 0 Å². The van der Waals surface area contributed by atoms with Crippen molar-refractivity contribution in [2.45, 2.75) is 20.0 Å². The third kappa shape index (κ3) is 1.23. The average molecular weight is 166 g/mol. The van der Waals surface area contributed by atoms with E-state index in [1.54, 1.807) is 13.8 Å². The minimum atomic E-state index is -0.0978. The fraction of sp³-hybridized carbons (Fsp3) is 0.400. The van der Waals surface area contributed by atoms with Crippen LogP contribution in [-0.2, 0) is 4.74 Å². The highest BCUT2D eigenvalue weighted by Crippen LogP contribution is 2.31. The second-order valence-electron chi connectivity index (χ2n) is 3.29. The quantitative estimate of drug-likeness (QED) is 0.584. The molecule has 1 aromatic rings. The minimum Gasteiger partial charge on any atom is -0.368 e. The number of aryl methyl sites for hydroxylation is 2. The van der Waals surface area contributed by atoms with Crippen molar-refractivity contribution in [2.75, 3.05) is 6.61 Å². The molecule has 1 aliphatic heterocycles. The van der Waals surface area contributed by atoms with Gasteiger partial charge in [0.1, 0.15) is 11.9 Å². The van der Waals surface area contributed by atoms with E-state index in [-0.39, 0.29) is 11.9 Å². The molecule has 0 aliphatic carbocycles. The number of benzene rings is 1. The molecule has 2 rings (SSSR count). The smallest absolute Gasteiger partial charge is 0.129 e. The topological polar surface area (TPSA) is 12.5 Å². The number of rotatable bonds is 1. The van der Waals surface area contributed by atoms with Gasteiger partial charge in [-0.25, -0.2) is 4.39 Å². The molecule has 1 atom stereocenters. The number of hydrogen-bond donors (Lipinski definition) is 0. The summed E-state index contributed by atoms with van der Waals surface area (Å²) in [7, 11) is 0. The summed E-state index contributed by atoms with van der Waals surface area (Å²) >= 11 is 0. The molecule has 1 aromatic carbocycles. The van der Waals surface area contributed by atoms with Crippen LogP contribution < -0.4 is 0 Å². The Balaban J connectivity index is 2.45. The van der Waals surface area contributed by atoms with Crippen LogP contribution in [0.2, 0.25) is 0 Å². The van der Waals surface area contributed by atoms with Gasteiger partial charge in [-0.1, -0.05) is 12.1 Å². The highest BCUT2D eigenvalue weighted by molar-refractivity contribution is 5.32. The number of hydrogen-bond acceptors (Lipinski definition) is 1. The molecule has 0 aromatic heterocycles. The van der Waals surface area contributed by atoms with Gasteiger partial charge < -0.3 is 4.74 Å². The first-order valence-corrected chi connectivity index (χ1v) is 4.06. The van der Waals surface area contributed by atoms with Gasteiger partial charge in [-0.05, 0) is 30.5 Å². The van der Waals surface area contributed by atoms with Crippen molar-refractivity contribution in [3.63, 3.8) is 0 Å². The van der Waals surface area contributed by atoms with Crippen LogP contribution in [0.5, 0.6) is 0 Å². The van der Waals surface area contributed by atoms with Gasteiger partial charge in [-0.15, -0.1) is 0 Å². The Kier molecular flexibility index (Phi) is 1.65. The first kappa shape index (κ1) is 7.74. The molecule has 1 fully saturated rings. The van der Waals surface area contributed by atoms with Crippen LogP contribution in [0.15, 0.2) is 12.1 Å². The van der Waals surface area contributed by atoms with E-state index >= 15 is 0 Å². The Bertz CT molecular complexity index is 293. The van der Waals surface area contributed by atoms with E-state index in [1.807, 2.05) is 12.1 Å². The second-order valence-corrected chi connectivity index (χ2v) is 3.29. The molecule has 1 heterocycles. The Morgan fingerprint density at radius 1 is 1.33 bits per heavy atom. The minimum absolute atomic E-state index is 0.0978. The molecular formula is C10H11FO. The molecule has 0 bridgehead atoms. The van der Waals surface area contributed by atoms with Gasteiger partial charge in [0.15, 0.2) is 0 Å². The summed E-state index contributed by atoms with van der Waals surface area (Å²) in [6.45, 7) is 4.35. The lowest BCUT2D eigenvalue weighted by Crippen LogP contribution is -1.91. The lowest BCUT2D eigenvalue weighted by Gasteiger charge is -2.03. The third-order valence-electron chi connectivity index (χ3n) is 2.16. The summed E-state index contributed by atoms with van der Waals surface area (Å²) in [6.07, 6.45) is 0.225. The summed E-state index contributed by atoms with van der Waals surface area (Å²) in [5, 5.41) is 0. The summed E-state index contributed by atoms with van der Waals surface area (Å²) in [6, 6.07) is 3.72. The maximum Gasteiger partial charge on any atom is 0.129 e. The van der Waals surface area contributed by atoms with E-state index < -0.39 is 0 Å². The van der Waals surface area contributed by atoms with E-state index in [4.69, 9.17) is 4.74 Å². The van der Waals surface area contributed by atoms with Crippen LogP contribution in [0, 0.1) is 19.7 Å². The third-order valence-corrected chi connectivity index (χ3v) is 2.16. The Hall–Kier alpha value is -0.890. The van der Waals surface area contributed by atoms with Crippen molar-refractivity contribution in [3.05, 3.63) is 34.6 Å². The zero-order valence-corrected chi connectivity index (χ0v) is 7.23. The van der Waals surface area contributed by atoms with Gasteiger partial charge in [-0.3, -0.25) is 0 Å². The lowest BCUT2D eigenvalue weighted by molar-refractivity contribution is 0.415. The van der Waals surface area contributed by atoms with Crippen molar-refractivity contribution in [1.29, 1.82) is 0 Å². The van der Waals surface area contributed by atoms with E-state index in [9.17, 15) is 4.39 Å². The van der Waals surface area contributed by atoms with Gasteiger partial charge in [0.2, 0.25) is 0 Å². The van der Waals surface area contributed by atoms with Crippen LogP contribution in [0.3, 0.4) is 0 Å². The normalized spacial score (nSPS) is 21.1. The molecule has 1 saturated heterocycles. The van der Waals surface area contributed by atoms with Crippen molar-refractivity contribution < 1.29 is 9.13 Å². The van der Waals surface area contributed by atoms with Crippen LogP contribution in [0.1, 0.15) is 22.8 Å². The molecule has 0 spiro atoms. The Morgan fingerprint density at radius 3 is 2.25 bits per heavy atom. The predicted molar refractivity (Wildman–Crippen MR) is 44.6 cm³/mol. The monoisotopic (exact) mass is 166 g/mol. The fourth-order valence-electron chi connectivity index (χ4n) is 1.41. The van der Waals surface area contributed by atoms with E-state index in [0.29, 0.717) is 11.1 Å². The number of epoxide rings is 1. The summed E-state index contributed by atoms with van der Waals surface area (Å²) < 4.78 is 18.3. The highest BCUT2D eigenvalue weighted by Gasteiger charge is 2.25. The average Bonchev–Trinajstić information content (AvgIpc) is 2.81. The molecule has 0 N–H and O–H groups in total. The van der Waals surface area contributed by atoms with Crippen LogP contribution >= 0.6 is 0 Å². The SMILES string of the molecule is Cc1cc([C@@H]2CO2)cc(C)c1F. The second kappa shape index (κ2) is 2.56. The summed E-state index contributed by atoms with van der Waals surface area (Å²) in [4.78, 5) is 0. The van der Waals surface area contributed by atoms with E-state index in [1.165, 1.54) is 0 Å². The molecule has 1 nitrogen and oxygen atoms in total. The first-order chi connectivity index (χ1) is 5.68. The molecule has 1 aliphatic rings. The van der Waals surface area contributed by atoms with Crippen LogP contribution in [0.4, 0.5) is 4.39 Å². The Labute approximate surface area is 71.2 Å². The maximum atomic E-state index is 13.2. The van der Waals surface area contributed by atoms with Gasteiger partial charge in [0.05, 0.1) is 6.61 Å². The first-order valence-electron chi connectivity index (χ1n) is 4.06. The number of ether oxygens (including phenoxy) is 1. The Morgan fingerprint density at radius 2 is 1.83 bits per heavy atom. The largest absolute Gasteiger partial charge is 0.368 e. The molecule has 0 unspecified atom stereocenters. The lowest BCUT2D eigenvalue weighted by atomic mass is 10.0. The van der Waals surface area contributed by atoms with E-state index in [2.05, 4.69) is 0 Å². The fourth-order valence-corrected chi connectivity index (χ4v) is 1.41.